The zero-order valence-corrected chi connectivity index (χ0v) is 12.3. The zero-order valence-electron chi connectivity index (χ0n) is 9.92. The van der Waals surface area contributed by atoms with E-state index >= 15 is 0 Å². The highest BCUT2D eigenvalue weighted by molar-refractivity contribution is 9.10. The van der Waals surface area contributed by atoms with Crippen LogP contribution in [0.25, 0.3) is 0 Å². The van der Waals surface area contributed by atoms with Crippen molar-refractivity contribution in [3.63, 3.8) is 0 Å². The van der Waals surface area contributed by atoms with Crippen LogP contribution in [-0.4, -0.2) is 5.11 Å². The summed E-state index contributed by atoms with van der Waals surface area (Å²) < 4.78 is 1.08. The number of rotatable bonds is 8. The molecule has 1 atom stereocenters. The Balaban J connectivity index is 2.09. The fraction of sp³-hybridized carbons (Fsp3) is 0.692. The Kier molecular flexibility index (Phi) is 7.33. The van der Waals surface area contributed by atoms with E-state index < -0.39 is 0 Å². The molecule has 0 amide bonds. The van der Waals surface area contributed by atoms with Crippen molar-refractivity contribution in [3.8, 4) is 0 Å². The number of aliphatic hydroxyl groups is 1. The first kappa shape index (κ1) is 14.2. The van der Waals surface area contributed by atoms with Gasteiger partial charge in [-0.2, -0.15) is 0 Å². The van der Waals surface area contributed by atoms with Crippen LogP contribution in [0.3, 0.4) is 0 Å². The second-order valence-electron chi connectivity index (χ2n) is 4.24. The predicted octanol–water partition coefficient (Wildman–Crippen LogP) is 5.29. The molecule has 0 aliphatic heterocycles. The number of hydrogen-bond acceptors (Lipinski definition) is 2. The SMILES string of the molecule is CCCCCCCCC(O)c1cc(Br)cs1. The smallest absolute Gasteiger partial charge is 0.0882 e. The van der Waals surface area contributed by atoms with Gasteiger partial charge in [-0.1, -0.05) is 45.4 Å². The highest BCUT2D eigenvalue weighted by Crippen LogP contribution is 2.28. The minimum absolute atomic E-state index is 0.262. The number of halogens is 1. The van der Waals surface area contributed by atoms with E-state index in [2.05, 4.69) is 22.9 Å². The molecule has 0 radical (unpaired) electrons. The first-order valence-electron chi connectivity index (χ1n) is 6.16. The van der Waals surface area contributed by atoms with Crippen molar-refractivity contribution in [2.24, 2.45) is 0 Å². The number of hydrogen-bond donors (Lipinski definition) is 1. The Labute approximate surface area is 111 Å². The minimum Gasteiger partial charge on any atom is -0.388 e. The van der Waals surface area contributed by atoms with Crippen LogP contribution in [0.15, 0.2) is 15.9 Å². The largest absolute Gasteiger partial charge is 0.388 e. The number of thiophene rings is 1. The molecule has 1 aromatic rings. The summed E-state index contributed by atoms with van der Waals surface area (Å²) in [5, 5.41) is 12.0. The Morgan fingerprint density at radius 2 is 1.94 bits per heavy atom. The van der Waals surface area contributed by atoms with Gasteiger partial charge in [-0.25, -0.2) is 0 Å². The molecule has 1 rings (SSSR count). The van der Waals surface area contributed by atoms with Crippen molar-refractivity contribution in [2.75, 3.05) is 0 Å². The van der Waals surface area contributed by atoms with Gasteiger partial charge in [0.25, 0.3) is 0 Å². The highest BCUT2D eigenvalue weighted by atomic mass is 79.9. The Morgan fingerprint density at radius 1 is 1.25 bits per heavy atom. The zero-order chi connectivity index (χ0) is 11.8. The molecule has 0 saturated heterocycles. The van der Waals surface area contributed by atoms with E-state index in [0.717, 1.165) is 22.2 Å². The van der Waals surface area contributed by atoms with E-state index in [4.69, 9.17) is 0 Å². The molecule has 1 aromatic heterocycles. The third-order valence-electron chi connectivity index (χ3n) is 2.75. The van der Waals surface area contributed by atoms with Gasteiger partial charge in [-0.15, -0.1) is 11.3 Å². The van der Waals surface area contributed by atoms with E-state index in [-0.39, 0.29) is 6.10 Å². The summed E-state index contributed by atoms with van der Waals surface area (Å²) in [5.41, 5.74) is 0. The maximum absolute atomic E-state index is 9.93. The van der Waals surface area contributed by atoms with Gasteiger partial charge in [0, 0.05) is 14.7 Å². The molecule has 1 unspecified atom stereocenters. The van der Waals surface area contributed by atoms with Crippen LogP contribution in [0.2, 0.25) is 0 Å². The second kappa shape index (κ2) is 8.26. The summed E-state index contributed by atoms with van der Waals surface area (Å²) in [4.78, 5) is 1.08. The van der Waals surface area contributed by atoms with Gasteiger partial charge < -0.3 is 5.11 Å². The van der Waals surface area contributed by atoms with Crippen LogP contribution in [0.1, 0.15) is 62.9 Å². The molecule has 0 aliphatic rings. The van der Waals surface area contributed by atoms with Gasteiger partial charge in [0.1, 0.15) is 0 Å². The Bertz CT molecular complexity index is 285. The molecule has 0 bridgehead atoms. The lowest BCUT2D eigenvalue weighted by Crippen LogP contribution is -1.94. The van der Waals surface area contributed by atoms with Crippen molar-refractivity contribution in [1.82, 2.24) is 0 Å². The van der Waals surface area contributed by atoms with Crippen molar-refractivity contribution >= 4 is 27.3 Å². The fourth-order valence-electron chi connectivity index (χ4n) is 1.76. The van der Waals surface area contributed by atoms with Gasteiger partial charge >= 0.3 is 0 Å². The molecule has 1 N–H and O–H groups in total. The monoisotopic (exact) mass is 304 g/mol. The maximum Gasteiger partial charge on any atom is 0.0882 e. The third-order valence-corrected chi connectivity index (χ3v) is 4.54. The van der Waals surface area contributed by atoms with Crippen molar-refractivity contribution in [1.29, 1.82) is 0 Å². The van der Waals surface area contributed by atoms with Gasteiger partial charge in [0.15, 0.2) is 0 Å². The normalized spacial score (nSPS) is 12.9. The van der Waals surface area contributed by atoms with Crippen LogP contribution in [0.5, 0.6) is 0 Å². The maximum atomic E-state index is 9.93. The molecule has 0 aliphatic carbocycles. The Hall–Kier alpha value is 0.140. The summed E-state index contributed by atoms with van der Waals surface area (Å²) >= 11 is 5.04. The lowest BCUT2D eigenvalue weighted by molar-refractivity contribution is 0.167. The van der Waals surface area contributed by atoms with Gasteiger partial charge in [0.05, 0.1) is 6.10 Å². The van der Waals surface area contributed by atoms with Gasteiger partial charge in [0.2, 0.25) is 0 Å². The molecule has 0 fully saturated rings. The molecule has 92 valence electrons. The molecule has 1 nitrogen and oxygen atoms in total. The second-order valence-corrected chi connectivity index (χ2v) is 6.10. The average molecular weight is 305 g/mol. The first-order chi connectivity index (χ1) is 7.74. The molecular weight excluding hydrogens is 284 g/mol. The van der Waals surface area contributed by atoms with Gasteiger partial charge in [-0.3, -0.25) is 0 Å². The lowest BCUT2D eigenvalue weighted by atomic mass is 10.1. The molecular formula is C13H21BrOS. The number of unbranched alkanes of at least 4 members (excludes halogenated alkanes) is 5. The third kappa shape index (κ3) is 5.46. The van der Waals surface area contributed by atoms with E-state index in [9.17, 15) is 5.11 Å². The van der Waals surface area contributed by atoms with Crippen LogP contribution < -0.4 is 0 Å². The van der Waals surface area contributed by atoms with E-state index in [1.807, 2.05) is 11.4 Å². The van der Waals surface area contributed by atoms with Crippen LogP contribution >= 0.6 is 27.3 Å². The molecule has 0 aromatic carbocycles. The fourth-order valence-corrected chi connectivity index (χ4v) is 3.23. The average Bonchev–Trinajstić information content (AvgIpc) is 2.70. The molecule has 1 heterocycles. The lowest BCUT2D eigenvalue weighted by Gasteiger charge is -2.07. The van der Waals surface area contributed by atoms with Crippen LogP contribution in [0.4, 0.5) is 0 Å². The minimum atomic E-state index is -0.262. The number of aliphatic hydroxyl groups excluding tert-OH is 1. The van der Waals surface area contributed by atoms with E-state index in [1.165, 1.54) is 32.1 Å². The molecule has 16 heavy (non-hydrogen) atoms. The molecule has 0 saturated carbocycles. The summed E-state index contributed by atoms with van der Waals surface area (Å²) in [6.45, 7) is 2.23. The Morgan fingerprint density at radius 3 is 2.56 bits per heavy atom. The quantitative estimate of drug-likeness (QED) is 0.647. The van der Waals surface area contributed by atoms with Gasteiger partial charge in [-0.05, 0) is 28.4 Å². The molecule has 3 heteroatoms. The first-order valence-corrected chi connectivity index (χ1v) is 7.83. The predicted molar refractivity (Wildman–Crippen MR) is 75.0 cm³/mol. The van der Waals surface area contributed by atoms with E-state index in [1.54, 1.807) is 11.3 Å². The van der Waals surface area contributed by atoms with Crippen LogP contribution in [-0.2, 0) is 0 Å². The van der Waals surface area contributed by atoms with Crippen LogP contribution in [0, 0.1) is 0 Å². The topological polar surface area (TPSA) is 20.2 Å². The summed E-state index contributed by atoms with van der Waals surface area (Å²) in [6.07, 6.45) is 8.34. The van der Waals surface area contributed by atoms with E-state index in [0.29, 0.717) is 0 Å². The van der Waals surface area contributed by atoms with Crippen molar-refractivity contribution in [3.05, 3.63) is 20.8 Å². The summed E-state index contributed by atoms with van der Waals surface area (Å²) in [5.74, 6) is 0. The standard InChI is InChI=1S/C13H21BrOS/c1-2-3-4-5-6-7-8-12(15)13-9-11(14)10-16-13/h9-10,12,15H,2-8H2,1H3. The summed E-state index contributed by atoms with van der Waals surface area (Å²) in [6, 6.07) is 2.02. The highest BCUT2D eigenvalue weighted by Gasteiger charge is 2.09. The van der Waals surface area contributed by atoms with Crippen molar-refractivity contribution < 1.29 is 5.11 Å². The summed E-state index contributed by atoms with van der Waals surface area (Å²) in [7, 11) is 0. The van der Waals surface area contributed by atoms with Crippen molar-refractivity contribution in [2.45, 2.75) is 58.0 Å². The molecule has 0 spiro atoms.